The van der Waals surface area contributed by atoms with Gasteiger partial charge in [0.1, 0.15) is 12.1 Å². The minimum atomic E-state index is -3.62. The summed E-state index contributed by atoms with van der Waals surface area (Å²) in [7, 11) is -3.62. The predicted molar refractivity (Wildman–Crippen MR) is 109 cm³/mol. The molecule has 10 heteroatoms. The highest BCUT2D eigenvalue weighted by Crippen LogP contribution is 2.35. The van der Waals surface area contributed by atoms with E-state index in [1.165, 1.54) is 16.4 Å². The van der Waals surface area contributed by atoms with E-state index in [0.29, 0.717) is 31.6 Å². The average molecular weight is 435 g/mol. The molecular weight excluding hydrogens is 408 g/mol. The lowest BCUT2D eigenvalue weighted by Gasteiger charge is -2.26. The van der Waals surface area contributed by atoms with Gasteiger partial charge in [0.15, 0.2) is 0 Å². The Labute approximate surface area is 175 Å². The van der Waals surface area contributed by atoms with Gasteiger partial charge in [0.05, 0.1) is 4.90 Å². The molecule has 0 bridgehead atoms. The van der Waals surface area contributed by atoms with Gasteiger partial charge in [-0.1, -0.05) is 25.3 Å². The molecule has 0 aromatic heterocycles. The molecule has 1 saturated carbocycles. The number of urea groups is 1. The first-order valence-corrected chi connectivity index (χ1v) is 11.8. The van der Waals surface area contributed by atoms with Crippen molar-refractivity contribution in [2.75, 3.05) is 25.0 Å². The molecule has 0 unspecified atom stereocenters. The summed E-state index contributed by atoms with van der Waals surface area (Å²) in [6.07, 6.45) is 5.60. The number of hydrogen-bond acceptors (Lipinski definition) is 5. The average Bonchev–Trinajstić information content (AvgIpc) is 3.29. The number of hydrogen-bond donors (Lipinski definition) is 2. The molecule has 1 aliphatic carbocycles. The van der Waals surface area contributed by atoms with E-state index in [-0.39, 0.29) is 10.8 Å². The highest BCUT2D eigenvalue weighted by molar-refractivity contribution is 7.89. The van der Waals surface area contributed by atoms with Gasteiger partial charge in [0, 0.05) is 18.8 Å². The van der Waals surface area contributed by atoms with Gasteiger partial charge in [-0.05, 0) is 43.9 Å². The highest BCUT2D eigenvalue weighted by Gasteiger charge is 2.52. The van der Waals surface area contributed by atoms with Crippen LogP contribution in [0.2, 0.25) is 0 Å². The first kappa shape index (κ1) is 20.8. The number of amides is 4. The van der Waals surface area contributed by atoms with Gasteiger partial charge in [0.2, 0.25) is 15.9 Å². The smallest absolute Gasteiger partial charge is 0.324 e. The van der Waals surface area contributed by atoms with Crippen molar-refractivity contribution in [2.24, 2.45) is 0 Å². The van der Waals surface area contributed by atoms with Crippen LogP contribution < -0.4 is 10.6 Å². The van der Waals surface area contributed by atoms with Crippen molar-refractivity contribution < 1.29 is 22.8 Å². The molecule has 30 heavy (non-hydrogen) atoms. The fraction of sp³-hybridized carbons (Fsp3) is 0.550. The van der Waals surface area contributed by atoms with Crippen LogP contribution in [-0.2, 0) is 19.6 Å². The number of nitrogens with zero attached hydrogens (tertiary/aromatic N) is 2. The normalized spacial score (nSPS) is 21.8. The van der Waals surface area contributed by atoms with Crippen molar-refractivity contribution in [3.8, 4) is 0 Å². The summed E-state index contributed by atoms with van der Waals surface area (Å²) >= 11 is 0. The molecule has 2 N–H and O–H groups in total. The summed E-state index contributed by atoms with van der Waals surface area (Å²) in [5, 5.41) is 5.34. The number of anilines is 1. The second-order valence-corrected chi connectivity index (χ2v) is 10.1. The molecule has 2 aliphatic heterocycles. The van der Waals surface area contributed by atoms with Crippen LogP contribution in [0, 0.1) is 0 Å². The first-order valence-electron chi connectivity index (χ1n) is 10.4. The second-order valence-electron chi connectivity index (χ2n) is 8.15. The topological polar surface area (TPSA) is 116 Å². The van der Waals surface area contributed by atoms with Crippen molar-refractivity contribution in [3.63, 3.8) is 0 Å². The number of carbonyl (C=O) groups is 3. The lowest BCUT2D eigenvalue weighted by molar-refractivity contribution is -0.133. The fourth-order valence-corrected chi connectivity index (χ4v) is 6.03. The Morgan fingerprint density at radius 3 is 2.47 bits per heavy atom. The minimum absolute atomic E-state index is 0.113. The molecule has 4 rings (SSSR count). The van der Waals surface area contributed by atoms with E-state index in [1.807, 2.05) is 0 Å². The molecule has 162 valence electrons. The third-order valence-corrected chi connectivity index (χ3v) is 7.97. The number of nitrogens with one attached hydrogen (secondary N) is 2. The van der Waals surface area contributed by atoms with Gasteiger partial charge < -0.3 is 10.6 Å². The van der Waals surface area contributed by atoms with Crippen LogP contribution in [-0.4, -0.2) is 60.6 Å². The molecule has 0 radical (unpaired) electrons. The van der Waals surface area contributed by atoms with E-state index in [2.05, 4.69) is 10.6 Å². The highest BCUT2D eigenvalue weighted by atomic mass is 32.2. The minimum Gasteiger partial charge on any atom is -0.324 e. The Morgan fingerprint density at radius 1 is 1.07 bits per heavy atom. The number of rotatable bonds is 5. The Balaban J connectivity index is 1.43. The molecule has 1 aromatic carbocycles. The molecule has 2 saturated heterocycles. The molecule has 3 fully saturated rings. The van der Waals surface area contributed by atoms with Crippen LogP contribution in [0.5, 0.6) is 0 Å². The van der Waals surface area contributed by atoms with Crippen molar-refractivity contribution in [1.82, 2.24) is 14.5 Å². The number of imide groups is 1. The monoisotopic (exact) mass is 434 g/mol. The fourth-order valence-electron chi connectivity index (χ4n) is 4.47. The third-order valence-electron chi connectivity index (χ3n) is 6.08. The molecule has 0 atom stereocenters. The van der Waals surface area contributed by atoms with Crippen molar-refractivity contribution in [2.45, 2.75) is 55.4 Å². The lowest BCUT2D eigenvalue weighted by atomic mass is 9.98. The van der Waals surface area contributed by atoms with Crippen LogP contribution >= 0.6 is 0 Å². The maximum Gasteiger partial charge on any atom is 0.325 e. The summed E-state index contributed by atoms with van der Waals surface area (Å²) in [6.45, 7) is 0.579. The van der Waals surface area contributed by atoms with Crippen molar-refractivity contribution >= 4 is 33.6 Å². The van der Waals surface area contributed by atoms with E-state index >= 15 is 0 Å². The zero-order valence-electron chi connectivity index (χ0n) is 16.7. The summed E-state index contributed by atoms with van der Waals surface area (Å²) in [5.74, 6) is -0.914. The summed E-state index contributed by atoms with van der Waals surface area (Å²) in [6, 6.07) is 5.50. The van der Waals surface area contributed by atoms with Crippen LogP contribution in [0.25, 0.3) is 0 Å². The number of sulfonamides is 1. The first-order chi connectivity index (χ1) is 14.3. The Kier molecular flexibility index (Phi) is 5.54. The maximum atomic E-state index is 12.8. The molecule has 1 aromatic rings. The van der Waals surface area contributed by atoms with E-state index in [1.54, 1.807) is 12.1 Å². The van der Waals surface area contributed by atoms with Gasteiger partial charge in [-0.3, -0.25) is 14.5 Å². The van der Waals surface area contributed by atoms with Crippen LogP contribution in [0.1, 0.15) is 44.9 Å². The molecule has 2 heterocycles. The van der Waals surface area contributed by atoms with Gasteiger partial charge in [0.25, 0.3) is 5.91 Å². The molecule has 4 amide bonds. The zero-order valence-corrected chi connectivity index (χ0v) is 17.5. The van der Waals surface area contributed by atoms with Crippen LogP contribution in [0.3, 0.4) is 0 Å². The van der Waals surface area contributed by atoms with Gasteiger partial charge in [-0.25, -0.2) is 13.2 Å². The Hall–Kier alpha value is -2.46. The number of benzene rings is 1. The number of piperidine rings is 1. The molecular formula is C20H26N4O5S. The van der Waals surface area contributed by atoms with E-state index < -0.39 is 34.0 Å². The van der Waals surface area contributed by atoms with Crippen molar-refractivity contribution in [3.05, 3.63) is 24.3 Å². The second kappa shape index (κ2) is 7.99. The van der Waals surface area contributed by atoms with E-state index in [9.17, 15) is 22.8 Å². The largest absolute Gasteiger partial charge is 0.325 e. The SMILES string of the molecule is O=C(CN1C(=O)NC2(CCCC2)C1=O)Nc1cccc(S(=O)(=O)N2CCCCC2)c1. The van der Waals surface area contributed by atoms with Crippen LogP contribution in [0.15, 0.2) is 29.2 Å². The third kappa shape index (κ3) is 3.81. The summed E-state index contributed by atoms with van der Waals surface area (Å²) in [4.78, 5) is 38.4. The molecule has 3 aliphatic rings. The molecule has 9 nitrogen and oxygen atoms in total. The van der Waals surface area contributed by atoms with Crippen LogP contribution in [0.4, 0.5) is 10.5 Å². The standard InChI is InChI=1S/C20H26N4O5S/c25-17(14-24-18(26)20(22-19(24)27)9-2-3-10-20)21-15-7-6-8-16(13-15)30(28,29)23-11-4-1-5-12-23/h6-8,13H,1-5,9-12,14H2,(H,21,25)(H,22,27). The summed E-state index contributed by atoms with van der Waals surface area (Å²) < 4.78 is 27.1. The van der Waals surface area contributed by atoms with Crippen molar-refractivity contribution in [1.29, 1.82) is 0 Å². The van der Waals surface area contributed by atoms with Gasteiger partial charge >= 0.3 is 6.03 Å². The van der Waals surface area contributed by atoms with Gasteiger partial charge in [-0.15, -0.1) is 0 Å². The predicted octanol–water partition coefficient (Wildman–Crippen LogP) is 1.66. The zero-order chi connectivity index (χ0) is 21.4. The quantitative estimate of drug-likeness (QED) is 0.684. The molecule has 1 spiro atoms. The lowest BCUT2D eigenvalue weighted by Crippen LogP contribution is -2.44. The number of carbonyl (C=O) groups excluding carboxylic acids is 3. The van der Waals surface area contributed by atoms with E-state index in [4.69, 9.17) is 0 Å². The summed E-state index contributed by atoms with van der Waals surface area (Å²) in [5.41, 5.74) is -0.555. The van der Waals surface area contributed by atoms with E-state index in [0.717, 1.165) is 37.0 Å². The Bertz CT molecular complexity index is 965. The Morgan fingerprint density at radius 2 is 1.77 bits per heavy atom. The maximum absolute atomic E-state index is 12.8. The van der Waals surface area contributed by atoms with Gasteiger partial charge in [-0.2, -0.15) is 4.31 Å².